The highest BCUT2D eigenvalue weighted by molar-refractivity contribution is 5.97. The summed E-state index contributed by atoms with van der Waals surface area (Å²) in [6.45, 7) is 9.67. The number of hydrogen-bond donors (Lipinski definition) is 0. The summed E-state index contributed by atoms with van der Waals surface area (Å²) in [5.74, 6) is 1.46. The number of benzene rings is 2. The van der Waals surface area contributed by atoms with Crippen LogP contribution in [0.4, 0.5) is 0 Å². The molecule has 3 rings (SSSR count). The molecule has 0 atom stereocenters. The highest BCUT2D eigenvalue weighted by Gasteiger charge is 2.26. The summed E-state index contributed by atoms with van der Waals surface area (Å²) >= 11 is 0. The Bertz CT molecular complexity index is 809. The third kappa shape index (κ3) is 3.59. The average molecular weight is 351 g/mol. The number of hydrogen-bond acceptors (Lipinski definition) is 3. The second-order valence-electron chi connectivity index (χ2n) is 7.06. The van der Waals surface area contributed by atoms with Crippen LogP contribution in [0, 0.1) is 0 Å². The first-order valence-corrected chi connectivity index (χ1v) is 8.78. The van der Waals surface area contributed by atoms with Crippen LogP contribution in [0.3, 0.4) is 0 Å². The van der Waals surface area contributed by atoms with Gasteiger partial charge in [0, 0.05) is 12.0 Å². The number of methoxy groups -OCH3 is 1. The van der Waals surface area contributed by atoms with Crippen LogP contribution in [-0.2, 0) is 12.0 Å². The van der Waals surface area contributed by atoms with Crippen molar-refractivity contribution in [3.8, 4) is 11.5 Å². The second kappa shape index (κ2) is 7.24. The third-order valence-electron chi connectivity index (χ3n) is 4.90. The summed E-state index contributed by atoms with van der Waals surface area (Å²) in [6.07, 6.45) is 1.91. The van der Waals surface area contributed by atoms with E-state index in [-0.39, 0.29) is 11.3 Å². The molecule has 2 aromatic rings. The van der Waals surface area contributed by atoms with Crippen LogP contribution in [0.25, 0.3) is 0 Å². The van der Waals surface area contributed by atoms with E-state index in [1.807, 2.05) is 53.4 Å². The van der Waals surface area contributed by atoms with Gasteiger partial charge in [-0.1, -0.05) is 38.1 Å². The van der Waals surface area contributed by atoms with E-state index in [1.54, 1.807) is 7.11 Å². The molecule has 2 aromatic carbocycles. The second-order valence-corrected chi connectivity index (χ2v) is 7.06. The maximum atomic E-state index is 13.0. The molecule has 1 heterocycles. The van der Waals surface area contributed by atoms with E-state index in [0.717, 1.165) is 16.9 Å². The molecule has 0 spiro atoms. The average Bonchev–Trinajstić information content (AvgIpc) is 2.81. The van der Waals surface area contributed by atoms with Crippen LogP contribution in [0.1, 0.15) is 35.3 Å². The highest BCUT2D eigenvalue weighted by Crippen LogP contribution is 2.32. The van der Waals surface area contributed by atoms with Gasteiger partial charge in [0.2, 0.25) is 0 Å². The molecule has 1 aliphatic heterocycles. The van der Waals surface area contributed by atoms with Crippen molar-refractivity contribution in [2.24, 2.45) is 0 Å². The molecule has 136 valence electrons. The first kappa shape index (κ1) is 18.1. The standard InChI is InChI=1S/C22H25NO3/c1-5-22(2,3)17-8-11-19-20(14-17)26-13-12-23(21(19)24)15-16-6-9-18(25-4)10-7-16/h5-11,14H,1,12-13,15H2,2-4H3. The number of rotatable bonds is 5. The largest absolute Gasteiger partial charge is 0.497 e. The lowest BCUT2D eigenvalue weighted by atomic mass is 9.84. The van der Waals surface area contributed by atoms with Gasteiger partial charge >= 0.3 is 0 Å². The molecule has 0 fully saturated rings. The van der Waals surface area contributed by atoms with Crippen LogP contribution in [0.2, 0.25) is 0 Å². The molecular formula is C22H25NO3. The van der Waals surface area contributed by atoms with Gasteiger partial charge in [-0.05, 0) is 35.4 Å². The molecule has 0 aliphatic carbocycles. The number of allylic oxidation sites excluding steroid dienone is 1. The van der Waals surface area contributed by atoms with E-state index in [9.17, 15) is 4.79 Å². The Morgan fingerprint density at radius 1 is 1.23 bits per heavy atom. The molecule has 26 heavy (non-hydrogen) atoms. The van der Waals surface area contributed by atoms with E-state index in [0.29, 0.717) is 31.0 Å². The van der Waals surface area contributed by atoms with Crippen LogP contribution in [0.5, 0.6) is 11.5 Å². The number of carbonyl (C=O) groups is 1. The lowest BCUT2D eigenvalue weighted by Gasteiger charge is -2.22. The smallest absolute Gasteiger partial charge is 0.258 e. The van der Waals surface area contributed by atoms with E-state index in [4.69, 9.17) is 9.47 Å². The van der Waals surface area contributed by atoms with Gasteiger partial charge < -0.3 is 14.4 Å². The number of fused-ring (bicyclic) bond motifs is 1. The summed E-state index contributed by atoms with van der Waals surface area (Å²) in [4.78, 5) is 14.8. The van der Waals surface area contributed by atoms with E-state index >= 15 is 0 Å². The summed E-state index contributed by atoms with van der Waals surface area (Å²) in [6, 6.07) is 13.6. The molecule has 4 heteroatoms. The fourth-order valence-corrected chi connectivity index (χ4v) is 2.98. The SMILES string of the molecule is C=CC(C)(C)c1ccc2c(c1)OCCN(Cc1ccc(OC)cc1)C2=O. The first-order chi connectivity index (χ1) is 12.4. The Kier molecular flexibility index (Phi) is 5.03. The molecule has 1 amide bonds. The van der Waals surface area contributed by atoms with Gasteiger partial charge in [0.05, 0.1) is 19.2 Å². The fraction of sp³-hybridized carbons (Fsp3) is 0.318. The molecule has 0 radical (unpaired) electrons. The zero-order valence-electron chi connectivity index (χ0n) is 15.6. The molecule has 0 N–H and O–H groups in total. The van der Waals surface area contributed by atoms with Crippen molar-refractivity contribution in [2.45, 2.75) is 25.8 Å². The van der Waals surface area contributed by atoms with Crippen LogP contribution >= 0.6 is 0 Å². The monoisotopic (exact) mass is 351 g/mol. The van der Waals surface area contributed by atoms with Crippen molar-refractivity contribution >= 4 is 5.91 Å². The molecule has 0 saturated carbocycles. The Balaban J connectivity index is 1.84. The Morgan fingerprint density at radius 2 is 1.96 bits per heavy atom. The minimum Gasteiger partial charge on any atom is -0.497 e. The molecule has 0 saturated heterocycles. The zero-order chi connectivity index (χ0) is 18.7. The normalized spacial score (nSPS) is 14.3. The van der Waals surface area contributed by atoms with Crippen LogP contribution in [-0.4, -0.2) is 31.1 Å². The molecule has 0 aromatic heterocycles. The summed E-state index contributed by atoms with van der Waals surface area (Å²) in [7, 11) is 1.64. The molecular weight excluding hydrogens is 326 g/mol. The first-order valence-electron chi connectivity index (χ1n) is 8.78. The number of carbonyl (C=O) groups excluding carboxylic acids is 1. The van der Waals surface area contributed by atoms with Gasteiger partial charge in [-0.2, -0.15) is 0 Å². The van der Waals surface area contributed by atoms with Crippen molar-refractivity contribution in [1.82, 2.24) is 4.90 Å². The topological polar surface area (TPSA) is 38.8 Å². The maximum absolute atomic E-state index is 13.0. The maximum Gasteiger partial charge on any atom is 0.258 e. The van der Waals surface area contributed by atoms with E-state index in [2.05, 4.69) is 20.4 Å². The summed E-state index contributed by atoms with van der Waals surface area (Å²) < 4.78 is 11.1. The van der Waals surface area contributed by atoms with Gasteiger partial charge in [0.25, 0.3) is 5.91 Å². The molecule has 0 unspecified atom stereocenters. The molecule has 1 aliphatic rings. The predicted molar refractivity (Wildman–Crippen MR) is 103 cm³/mol. The summed E-state index contributed by atoms with van der Waals surface area (Å²) in [5.41, 5.74) is 2.59. The van der Waals surface area contributed by atoms with Crippen molar-refractivity contribution in [2.75, 3.05) is 20.3 Å². The van der Waals surface area contributed by atoms with E-state index < -0.39 is 0 Å². The fourth-order valence-electron chi connectivity index (χ4n) is 2.98. The van der Waals surface area contributed by atoms with Gasteiger partial charge in [-0.3, -0.25) is 4.79 Å². The number of ether oxygens (including phenoxy) is 2. The van der Waals surface area contributed by atoms with E-state index in [1.165, 1.54) is 0 Å². The molecule has 4 nitrogen and oxygen atoms in total. The highest BCUT2D eigenvalue weighted by atomic mass is 16.5. The van der Waals surface area contributed by atoms with Gasteiger partial charge in [-0.25, -0.2) is 0 Å². The van der Waals surface area contributed by atoms with Crippen LogP contribution < -0.4 is 9.47 Å². The number of nitrogens with zero attached hydrogens (tertiary/aromatic N) is 1. The minimum atomic E-state index is -0.170. The van der Waals surface area contributed by atoms with Crippen molar-refractivity contribution < 1.29 is 14.3 Å². The predicted octanol–water partition coefficient (Wildman–Crippen LogP) is 4.19. The minimum absolute atomic E-state index is 0.00345. The Hall–Kier alpha value is -2.75. The van der Waals surface area contributed by atoms with Crippen LogP contribution in [0.15, 0.2) is 55.1 Å². The quantitative estimate of drug-likeness (QED) is 0.758. The van der Waals surface area contributed by atoms with Crippen molar-refractivity contribution in [3.63, 3.8) is 0 Å². The van der Waals surface area contributed by atoms with Crippen molar-refractivity contribution in [1.29, 1.82) is 0 Å². The van der Waals surface area contributed by atoms with Gasteiger partial charge in [-0.15, -0.1) is 6.58 Å². The Labute approximate surface area is 155 Å². The third-order valence-corrected chi connectivity index (χ3v) is 4.90. The van der Waals surface area contributed by atoms with Gasteiger partial charge in [0.15, 0.2) is 0 Å². The number of amides is 1. The molecule has 0 bridgehead atoms. The van der Waals surface area contributed by atoms with Crippen molar-refractivity contribution in [3.05, 3.63) is 71.8 Å². The van der Waals surface area contributed by atoms with Gasteiger partial charge in [0.1, 0.15) is 18.1 Å². The zero-order valence-corrected chi connectivity index (χ0v) is 15.6. The lowest BCUT2D eigenvalue weighted by molar-refractivity contribution is 0.0743. The Morgan fingerprint density at radius 3 is 2.62 bits per heavy atom. The lowest BCUT2D eigenvalue weighted by Crippen LogP contribution is -2.31. The summed E-state index contributed by atoms with van der Waals surface area (Å²) in [5, 5.41) is 0.